The minimum Gasteiger partial charge on any atom is -0.444 e. The molecule has 57 heavy (non-hydrogen) atoms. The molecule has 0 unspecified atom stereocenters. The summed E-state index contributed by atoms with van der Waals surface area (Å²) in [5.74, 6) is -0.231. The Bertz CT molecular complexity index is 2200. The molecule has 2 aliphatic heterocycles. The fourth-order valence-corrected chi connectivity index (χ4v) is 7.50. The van der Waals surface area contributed by atoms with Crippen LogP contribution in [0.15, 0.2) is 49.3 Å². The molecule has 15 heteroatoms. The lowest BCUT2D eigenvalue weighted by molar-refractivity contribution is 0.0230. The van der Waals surface area contributed by atoms with E-state index in [1.165, 1.54) is 16.8 Å². The molecular formula is C42H53FN10O4. The van der Waals surface area contributed by atoms with Crippen LogP contribution in [0.25, 0.3) is 23.0 Å². The van der Waals surface area contributed by atoms with E-state index in [0.717, 1.165) is 47.7 Å². The van der Waals surface area contributed by atoms with Crippen LogP contribution in [-0.4, -0.2) is 115 Å². The molecule has 2 aliphatic carbocycles. The van der Waals surface area contributed by atoms with Crippen LogP contribution < -0.4 is 9.80 Å². The van der Waals surface area contributed by atoms with Crippen LogP contribution >= 0.6 is 0 Å². The number of allylic oxidation sites excluding steroid dienone is 2. The van der Waals surface area contributed by atoms with Crippen molar-refractivity contribution in [2.24, 2.45) is 14.1 Å². The Morgan fingerprint density at radius 2 is 1.16 bits per heavy atom. The number of carbonyl (C=O) groups excluding carboxylic acids is 2. The van der Waals surface area contributed by atoms with Gasteiger partial charge in [-0.05, 0) is 65.3 Å². The van der Waals surface area contributed by atoms with Crippen LogP contribution in [0.3, 0.4) is 0 Å². The molecule has 4 aromatic heterocycles. The zero-order chi connectivity index (χ0) is 40.6. The Morgan fingerprint density at radius 3 is 1.67 bits per heavy atom. The molecule has 4 aromatic rings. The average Bonchev–Trinajstić information content (AvgIpc) is 3.97. The predicted octanol–water partition coefficient (Wildman–Crippen LogP) is 6.24. The van der Waals surface area contributed by atoms with Crippen molar-refractivity contribution in [3.63, 3.8) is 0 Å². The maximum absolute atomic E-state index is 15.4. The average molecular weight is 781 g/mol. The quantitative estimate of drug-likeness (QED) is 0.235. The summed E-state index contributed by atoms with van der Waals surface area (Å²) in [6, 6.07) is 3.93. The molecule has 0 spiro atoms. The highest BCUT2D eigenvalue weighted by molar-refractivity contribution is 5.97. The summed E-state index contributed by atoms with van der Waals surface area (Å²) < 4.78 is 29.8. The smallest absolute Gasteiger partial charge is 0.410 e. The van der Waals surface area contributed by atoms with E-state index in [0.29, 0.717) is 56.8 Å². The van der Waals surface area contributed by atoms with E-state index in [-0.39, 0.29) is 18.0 Å². The number of hydrogen-bond acceptors (Lipinski definition) is 10. The van der Waals surface area contributed by atoms with Gasteiger partial charge in [0, 0.05) is 132 Å². The van der Waals surface area contributed by atoms with E-state index >= 15 is 4.39 Å². The summed E-state index contributed by atoms with van der Waals surface area (Å²) in [7, 11) is 3.75. The third-order valence-electron chi connectivity index (χ3n) is 10.2. The number of aromatic nitrogens is 6. The van der Waals surface area contributed by atoms with Gasteiger partial charge in [0.15, 0.2) is 0 Å². The molecule has 0 saturated carbocycles. The lowest BCUT2D eigenvalue weighted by atomic mass is 10.1. The van der Waals surface area contributed by atoms with Crippen molar-refractivity contribution in [2.75, 3.05) is 62.2 Å². The first-order chi connectivity index (χ1) is 27.0. The van der Waals surface area contributed by atoms with Crippen LogP contribution in [-0.2, 0) is 36.4 Å². The van der Waals surface area contributed by atoms with Crippen molar-refractivity contribution in [3.05, 3.63) is 83.0 Å². The lowest BCUT2D eigenvalue weighted by Crippen LogP contribution is -2.50. The molecule has 14 nitrogen and oxygen atoms in total. The number of fused-ring (bicyclic) bond motifs is 2. The van der Waals surface area contributed by atoms with Gasteiger partial charge >= 0.3 is 12.2 Å². The Labute approximate surface area is 333 Å². The zero-order valence-electron chi connectivity index (χ0n) is 34.3. The molecule has 4 aliphatic rings. The molecule has 0 bridgehead atoms. The monoisotopic (exact) mass is 780 g/mol. The van der Waals surface area contributed by atoms with E-state index in [9.17, 15) is 9.59 Å². The minimum absolute atomic E-state index is 0.231. The molecule has 2 amide bonds. The van der Waals surface area contributed by atoms with Crippen molar-refractivity contribution in [2.45, 2.75) is 65.6 Å². The maximum Gasteiger partial charge on any atom is 0.410 e. The van der Waals surface area contributed by atoms with Crippen LogP contribution in [0.1, 0.15) is 75.2 Å². The highest BCUT2D eigenvalue weighted by Crippen LogP contribution is 2.43. The van der Waals surface area contributed by atoms with E-state index in [2.05, 4.69) is 42.1 Å². The Hall–Kier alpha value is -5.73. The number of piperazine rings is 2. The number of nitrogens with zero attached hydrogens (tertiary/aromatic N) is 10. The Kier molecular flexibility index (Phi) is 10.9. The SMILES string of the molecule is Cn1cc(C2=C(F)c3c(N4CCN(C(=O)OC(C)(C)C)CC4)ccnc3C2)cn1.Cn1cc(C2=Cc3c(N4CCN(C(=O)OC(C)(C)C)CC4)ccnc3C2)cn1. The molecule has 6 heterocycles. The number of amides is 2. The molecule has 8 rings (SSSR count). The first-order valence-electron chi connectivity index (χ1n) is 19.5. The van der Waals surface area contributed by atoms with Crippen LogP contribution in [0.5, 0.6) is 0 Å². The molecule has 2 fully saturated rings. The largest absolute Gasteiger partial charge is 0.444 e. The number of pyridine rings is 2. The van der Waals surface area contributed by atoms with Crippen molar-refractivity contribution in [1.29, 1.82) is 0 Å². The Balaban J connectivity index is 0.000000174. The van der Waals surface area contributed by atoms with Crippen molar-refractivity contribution in [1.82, 2.24) is 39.3 Å². The molecule has 0 N–H and O–H groups in total. The van der Waals surface area contributed by atoms with Gasteiger partial charge in [-0.15, -0.1) is 0 Å². The van der Waals surface area contributed by atoms with Crippen LogP contribution in [0.2, 0.25) is 0 Å². The number of ether oxygens (including phenoxy) is 2. The predicted molar refractivity (Wildman–Crippen MR) is 218 cm³/mol. The fourth-order valence-electron chi connectivity index (χ4n) is 7.50. The number of hydrogen-bond donors (Lipinski definition) is 0. The summed E-state index contributed by atoms with van der Waals surface area (Å²) in [6.07, 6.45) is 14.0. The molecule has 0 aromatic carbocycles. The number of rotatable bonds is 4. The van der Waals surface area contributed by atoms with Crippen molar-refractivity contribution < 1.29 is 23.5 Å². The topological polar surface area (TPSA) is 127 Å². The first kappa shape index (κ1) is 39.5. The summed E-state index contributed by atoms with van der Waals surface area (Å²) in [4.78, 5) is 41.6. The van der Waals surface area contributed by atoms with Gasteiger partial charge in [-0.2, -0.15) is 10.2 Å². The molecule has 302 valence electrons. The normalized spacial score (nSPS) is 16.9. The third kappa shape index (κ3) is 8.97. The van der Waals surface area contributed by atoms with E-state index in [4.69, 9.17) is 9.47 Å². The van der Waals surface area contributed by atoms with E-state index in [1.54, 1.807) is 26.9 Å². The maximum atomic E-state index is 15.4. The van der Waals surface area contributed by atoms with Crippen LogP contribution in [0, 0.1) is 0 Å². The summed E-state index contributed by atoms with van der Waals surface area (Å²) in [6.45, 7) is 16.4. The van der Waals surface area contributed by atoms with Gasteiger partial charge < -0.3 is 29.1 Å². The van der Waals surface area contributed by atoms with Gasteiger partial charge in [-0.3, -0.25) is 19.3 Å². The second kappa shape index (κ2) is 15.7. The van der Waals surface area contributed by atoms with Gasteiger partial charge in [0.25, 0.3) is 0 Å². The second-order valence-corrected chi connectivity index (χ2v) is 16.9. The highest BCUT2D eigenvalue weighted by atomic mass is 19.1. The van der Waals surface area contributed by atoms with Gasteiger partial charge in [0.05, 0.1) is 35.0 Å². The molecule has 0 radical (unpaired) electrons. The van der Waals surface area contributed by atoms with Crippen molar-refractivity contribution >= 4 is 46.6 Å². The lowest BCUT2D eigenvalue weighted by Gasteiger charge is -2.37. The number of aryl methyl sites for hydroxylation is 2. The molecular weight excluding hydrogens is 728 g/mol. The highest BCUT2D eigenvalue weighted by Gasteiger charge is 2.33. The molecule has 0 atom stereocenters. The first-order valence-corrected chi connectivity index (χ1v) is 19.5. The van der Waals surface area contributed by atoms with E-state index in [1.807, 2.05) is 91.2 Å². The van der Waals surface area contributed by atoms with Gasteiger partial charge in [-0.25, -0.2) is 14.0 Å². The summed E-state index contributed by atoms with van der Waals surface area (Å²) in [5, 5.41) is 8.44. The van der Waals surface area contributed by atoms with Crippen LogP contribution in [0.4, 0.5) is 25.4 Å². The summed E-state index contributed by atoms with van der Waals surface area (Å²) >= 11 is 0. The third-order valence-corrected chi connectivity index (χ3v) is 10.2. The van der Waals surface area contributed by atoms with E-state index < -0.39 is 11.2 Å². The van der Waals surface area contributed by atoms with Gasteiger partial charge in [0.2, 0.25) is 0 Å². The number of halogens is 1. The molecule has 2 saturated heterocycles. The van der Waals surface area contributed by atoms with Gasteiger partial charge in [0.1, 0.15) is 17.0 Å². The number of carbonyl (C=O) groups is 2. The van der Waals surface area contributed by atoms with Crippen molar-refractivity contribution in [3.8, 4) is 0 Å². The zero-order valence-corrected chi connectivity index (χ0v) is 34.3. The fraction of sp³-hybridized carbons (Fsp3) is 0.476. The van der Waals surface area contributed by atoms with Gasteiger partial charge in [-0.1, -0.05) is 0 Å². The minimum atomic E-state index is -0.517. The summed E-state index contributed by atoms with van der Waals surface area (Å²) in [5.41, 5.74) is 8.43. The standard InChI is InChI=1S/C21H26FN5O2.C21H27N5O2/c1-21(2,3)29-20(28)27-9-7-26(8-10-27)17-5-6-23-16-11-15(19(22)18(16)17)14-12-24-25(4)13-14;1-21(2,3)28-20(27)26-9-7-25(8-10-26)19-5-6-22-18-12-15(11-17(18)19)16-13-23-24(4)14-16/h5-6,12-13H,7-11H2,1-4H3;5-6,11,13-14H,7-10,12H2,1-4H3. The second-order valence-electron chi connectivity index (χ2n) is 16.9. The number of anilines is 2. The Morgan fingerprint density at radius 1 is 0.667 bits per heavy atom.